The first kappa shape index (κ1) is 19.2. The van der Waals surface area contributed by atoms with Crippen LogP contribution in [0.5, 0.6) is 0 Å². The second-order valence-electron chi connectivity index (χ2n) is 8.02. The average molecular weight is 402 g/mol. The lowest BCUT2D eigenvalue weighted by molar-refractivity contribution is -0.159. The van der Waals surface area contributed by atoms with Gasteiger partial charge in [-0.2, -0.15) is 5.10 Å². The second kappa shape index (κ2) is 7.70. The summed E-state index contributed by atoms with van der Waals surface area (Å²) < 4.78 is 5.39. The van der Waals surface area contributed by atoms with Crippen LogP contribution in [0.4, 0.5) is 0 Å². The van der Waals surface area contributed by atoms with Crippen LogP contribution in [0.25, 0.3) is 10.6 Å². The van der Waals surface area contributed by atoms with E-state index >= 15 is 0 Å². The maximum Gasteiger partial charge on any atom is 0.312 e. The fourth-order valence-corrected chi connectivity index (χ4v) is 4.92. The monoisotopic (exact) mass is 401 g/mol. The van der Waals surface area contributed by atoms with Gasteiger partial charge in [-0.25, -0.2) is 0 Å². The molecule has 1 aliphatic heterocycles. The molecule has 1 N–H and O–H groups in total. The zero-order chi connectivity index (χ0) is 19.7. The lowest BCUT2D eigenvalue weighted by Crippen LogP contribution is -2.47. The number of aromatic amines is 1. The molecule has 2 aliphatic rings. The van der Waals surface area contributed by atoms with Gasteiger partial charge in [0.15, 0.2) is 5.69 Å². The molecule has 6 nitrogen and oxygen atoms in total. The summed E-state index contributed by atoms with van der Waals surface area (Å²) in [4.78, 5) is 29.7. The Morgan fingerprint density at radius 1 is 1.32 bits per heavy atom. The number of carbonyl (C=O) groups is 2. The van der Waals surface area contributed by atoms with E-state index in [1.807, 2.05) is 24.0 Å². The van der Waals surface area contributed by atoms with Crippen LogP contribution >= 0.6 is 11.3 Å². The van der Waals surface area contributed by atoms with Gasteiger partial charge in [0.05, 0.1) is 22.6 Å². The third-order valence-electron chi connectivity index (χ3n) is 5.90. The molecule has 0 unspecified atom stereocenters. The SMILES string of the molecule is CCOC(=O)C1(CC2CC2)CCN(C(=O)c2cc(-c3ccc(C)s3)[nH]n2)CC1. The first-order valence-corrected chi connectivity index (χ1v) is 10.9. The average Bonchev–Trinajstić information content (AvgIpc) is 3.18. The maximum absolute atomic E-state index is 12.9. The summed E-state index contributed by atoms with van der Waals surface area (Å²) in [6.07, 6.45) is 4.67. The maximum atomic E-state index is 12.9. The van der Waals surface area contributed by atoms with Crippen LogP contribution < -0.4 is 0 Å². The summed E-state index contributed by atoms with van der Waals surface area (Å²) in [5, 5.41) is 7.21. The van der Waals surface area contributed by atoms with Gasteiger partial charge in [-0.15, -0.1) is 11.3 Å². The minimum atomic E-state index is -0.417. The number of nitrogens with one attached hydrogen (secondary N) is 1. The molecule has 4 rings (SSSR count). The van der Waals surface area contributed by atoms with E-state index < -0.39 is 5.41 Å². The van der Waals surface area contributed by atoms with Gasteiger partial charge >= 0.3 is 5.97 Å². The fourth-order valence-electron chi connectivity index (χ4n) is 4.09. The molecule has 1 saturated heterocycles. The largest absolute Gasteiger partial charge is 0.466 e. The van der Waals surface area contributed by atoms with Crippen molar-refractivity contribution < 1.29 is 14.3 Å². The zero-order valence-corrected chi connectivity index (χ0v) is 17.3. The summed E-state index contributed by atoms with van der Waals surface area (Å²) in [5.41, 5.74) is 0.888. The predicted molar refractivity (Wildman–Crippen MR) is 108 cm³/mol. The van der Waals surface area contributed by atoms with Crippen LogP contribution in [-0.2, 0) is 9.53 Å². The Morgan fingerprint density at radius 3 is 2.68 bits per heavy atom. The summed E-state index contributed by atoms with van der Waals surface area (Å²) >= 11 is 1.67. The van der Waals surface area contributed by atoms with Crippen molar-refractivity contribution in [1.82, 2.24) is 15.1 Å². The number of aromatic nitrogens is 2. The summed E-state index contributed by atoms with van der Waals surface area (Å²) in [5.74, 6) is 0.499. The number of piperidine rings is 1. The van der Waals surface area contributed by atoms with E-state index in [-0.39, 0.29) is 11.9 Å². The van der Waals surface area contributed by atoms with Gasteiger partial charge in [0.25, 0.3) is 5.91 Å². The molecular formula is C21H27N3O3S. The molecular weight excluding hydrogens is 374 g/mol. The smallest absolute Gasteiger partial charge is 0.312 e. The Hall–Kier alpha value is -2.15. The lowest BCUT2D eigenvalue weighted by Gasteiger charge is -2.40. The highest BCUT2D eigenvalue weighted by Gasteiger charge is 2.46. The van der Waals surface area contributed by atoms with Gasteiger partial charge in [-0.05, 0) is 57.2 Å². The first-order chi connectivity index (χ1) is 13.5. The van der Waals surface area contributed by atoms with Crippen LogP contribution in [0.2, 0.25) is 0 Å². The standard InChI is InChI=1S/C21H27N3O3S/c1-3-27-20(26)21(13-15-5-6-15)8-10-24(11-9-21)19(25)17-12-16(22-23-17)18-7-4-14(2)28-18/h4,7,12,15H,3,5-6,8-11,13H2,1-2H3,(H,22,23). The Morgan fingerprint density at radius 2 is 2.07 bits per heavy atom. The van der Waals surface area contributed by atoms with E-state index in [1.165, 1.54) is 17.7 Å². The third-order valence-corrected chi connectivity index (χ3v) is 6.93. The third kappa shape index (κ3) is 3.85. The number of ether oxygens (including phenoxy) is 1. The van der Waals surface area contributed by atoms with Crippen molar-refractivity contribution in [3.63, 3.8) is 0 Å². The Labute approximate surface area is 169 Å². The predicted octanol–water partition coefficient (Wildman–Crippen LogP) is 4.03. The van der Waals surface area contributed by atoms with Crippen molar-refractivity contribution in [3.8, 4) is 10.6 Å². The van der Waals surface area contributed by atoms with Gasteiger partial charge in [-0.1, -0.05) is 12.8 Å². The summed E-state index contributed by atoms with van der Waals surface area (Å²) in [7, 11) is 0. The van der Waals surface area contributed by atoms with Crippen LogP contribution in [0.1, 0.15) is 54.4 Å². The molecule has 1 saturated carbocycles. The molecule has 0 radical (unpaired) electrons. The van der Waals surface area contributed by atoms with Crippen LogP contribution in [0.15, 0.2) is 18.2 Å². The number of hydrogen-bond donors (Lipinski definition) is 1. The molecule has 0 aromatic carbocycles. The molecule has 0 spiro atoms. The molecule has 7 heteroatoms. The van der Waals surface area contributed by atoms with E-state index in [4.69, 9.17) is 4.74 Å². The second-order valence-corrected chi connectivity index (χ2v) is 9.31. The van der Waals surface area contributed by atoms with E-state index in [0.717, 1.165) is 17.0 Å². The molecule has 1 aliphatic carbocycles. The summed E-state index contributed by atoms with van der Waals surface area (Å²) in [6, 6.07) is 5.92. The molecule has 150 valence electrons. The molecule has 3 heterocycles. The number of H-pyrrole nitrogens is 1. The number of amides is 1. The summed E-state index contributed by atoms with van der Waals surface area (Å²) in [6.45, 7) is 5.47. The van der Waals surface area contributed by atoms with Gasteiger partial charge < -0.3 is 9.64 Å². The highest BCUT2D eigenvalue weighted by molar-refractivity contribution is 7.15. The van der Waals surface area contributed by atoms with Crippen molar-refractivity contribution in [1.29, 1.82) is 0 Å². The van der Waals surface area contributed by atoms with Gasteiger partial charge in [0.2, 0.25) is 0 Å². The number of hydrogen-bond acceptors (Lipinski definition) is 5. The van der Waals surface area contributed by atoms with Crippen molar-refractivity contribution in [2.24, 2.45) is 11.3 Å². The van der Waals surface area contributed by atoms with Crippen molar-refractivity contribution in [3.05, 3.63) is 28.8 Å². The quantitative estimate of drug-likeness (QED) is 0.742. The van der Waals surface area contributed by atoms with Gasteiger partial charge in [0, 0.05) is 18.0 Å². The molecule has 28 heavy (non-hydrogen) atoms. The minimum absolute atomic E-state index is 0.0698. The number of carbonyl (C=O) groups excluding carboxylic acids is 2. The fraction of sp³-hybridized carbons (Fsp3) is 0.571. The van der Waals surface area contributed by atoms with Gasteiger partial charge in [0.1, 0.15) is 0 Å². The van der Waals surface area contributed by atoms with Crippen LogP contribution in [-0.4, -0.2) is 46.7 Å². The number of rotatable bonds is 6. The molecule has 0 atom stereocenters. The highest BCUT2D eigenvalue weighted by atomic mass is 32.1. The van der Waals surface area contributed by atoms with E-state index in [2.05, 4.69) is 23.2 Å². The topological polar surface area (TPSA) is 75.3 Å². The number of esters is 1. The number of aryl methyl sites for hydroxylation is 1. The molecule has 2 fully saturated rings. The van der Waals surface area contributed by atoms with Crippen LogP contribution in [0, 0.1) is 18.3 Å². The Kier molecular flexibility index (Phi) is 5.27. The molecule has 1 amide bonds. The van der Waals surface area contributed by atoms with Crippen LogP contribution in [0.3, 0.4) is 0 Å². The van der Waals surface area contributed by atoms with Crippen molar-refractivity contribution in [2.45, 2.75) is 46.0 Å². The highest BCUT2D eigenvalue weighted by Crippen LogP contribution is 2.46. The van der Waals surface area contributed by atoms with E-state index in [1.54, 1.807) is 11.3 Å². The zero-order valence-electron chi connectivity index (χ0n) is 16.5. The molecule has 2 aromatic heterocycles. The number of nitrogens with zero attached hydrogens (tertiary/aromatic N) is 2. The van der Waals surface area contributed by atoms with Gasteiger partial charge in [-0.3, -0.25) is 14.7 Å². The van der Waals surface area contributed by atoms with E-state index in [0.29, 0.717) is 44.1 Å². The van der Waals surface area contributed by atoms with E-state index in [9.17, 15) is 9.59 Å². The normalized spacial score (nSPS) is 18.9. The number of likely N-dealkylation sites (tertiary alicyclic amines) is 1. The Bertz CT molecular complexity index is 860. The molecule has 2 aromatic rings. The molecule has 0 bridgehead atoms. The van der Waals surface area contributed by atoms with Crippen molar-refractivity contribution in [2.75, 3.05) is 19.7 Å². The Balaban J connectivity index is 1.43. The van der Waals surface area contributed by atoms with Crippen molar-refractivity contribution >= 4 is 23.2 Å². The minimum Gasteiger partial charge on any atom is -0.466 e. The first-order valence-electron chi connectivity index (χ1n) is 10.1. The lowest BCUT2D eigenvalue weighted by atomic mass is 9.74. The number of thiophene rings is 1.